The Kier molecular flexibility index (Phi) is 5.47. The van der Waals surface area contributed by atoms with E-state index in [2.05, 4.69) is 0 Å². The summed E-state index contributed by atoms with van der Waals surface area (Å²) < 4.78 is 9.47. The van der Waals surface area contributed by atoms with Crippen molar-refractivity contribution < 1.29 is 29.0 Å². The van der Waals surface area contributed by atoms with Gasteiger partial charge >= 0.3 is 11.9 Å². The predicted molar refractivity (Wildman–Crippen MR) is 108 cm³/mol. The first-order chi connectivity index (χ1) is 13.4. The van der Waals surface area contributed by atoms with Gasteiger partial charge in [-0.2, -0.15) is 0 Å². The lowest BCUT2D eigenvalue weighted by atomic mass is 9.83. The highest BCUT2D eigenvalue weighted by atomic mass is 32.2. The van der Waals surface area contributed by atoms with Crippen molar-refractivity contribution in [3.8, 4) is 0 Å². The Balaban J connectivity index is 1.68. The Morgan fingerprint density at radius 2 is 1.79 bits per heavy atom. The van der Waals surface area contributed by atoms with Gasteiger partial charge in [-0.1, -0.05) is 30.3 Å². The molecule has 29 heavy (non-hydrogen) atoms. The lowest BCUT2D eigenvalue weighted by Crippen LogP contribution is -2.74. The lowest BCUT2D eigenvalue weighted by Gasteiger charge is -2.50. The van der Waals surface area contributed by atoms with Crippen molar-refractivity contribution in [1.82, 2.24) is 4.90 Å². The number of thioether (sulfide) groups is 1. The molecule has 158 valence electrons. The number of nitrogens with zero attached hydrogens (tertiary/aromatic N) is 1. The average molecular weight is 422 g/mol. The van der Waals surface area contributed by atoms with E-state index in [0.717, 1.165) is 5.56 Å². The van der Waals surface area contributed by atoms with Crippen molar-refractivity contribution in [3.63, 3.8) is 0 Å². The van der Waals surface area contributed by atoms with Gasteiger partial charge in [0.1, 0.15) is 11.4 Å². The van der Waals surface area contributed by atoms with Crippen LogP contribution in [0.1, 0.15) is 40.2 Å². The van der Waals surface area contributed by atoms with Crippen molar-refractivity contribution >= 4 is 29.6 Å². The third-order valence-electron chi connectivity index (χ3n) is 5.16. The number of carbonyl (C=O) groups is 3. The molecule has 2 aliphatic heterocycles. The maximum absolute atomic E-state index is 12.9. The molecule has 7 nitrogen and oxygen atoms in total. The molecule has 3 rings (SSSR count). The number of carbonyl (C=O) groups excluding carboxylic acids is 3. The standard InChI is InChI=1S/C21H27NO6S/c1-19(2,3)18(25)28-12-27-15(23)14-20(4,5)29-17-21(26,16(24)22(14)17)11-13-9-7-6-8-10-13/h6-10,14,17,26H,11-12H2,1-5H3/t14-,17+,21+/m0/s1. The van der Waals surface area contributed by atoms with E-state index in [1.165, 1.54) is 16.7 Å². The molecule has 0 bridgehead atoms. The zero-order chi connectivity index (χ0) is 21.6. The van der Waals surface area contributed by atoms with Gasteiger partial charge in [0.2, 0.25) is 6.79 Å². The molecule has 2 aliphatic rings. The van der Waals surface area contributed by atoms with Crippen molar-refractivity contribution in [2.45, 2.75) is 62.8 Å². The molecule has 1 amide bonds. The Bertz CT molecular complexity index is 818. The van der Waals surface area contributed by atoms with E-state index < -0.39 is 51.8 Å². The molecule has 0 unspecified atom stereocenters. The monoisotopic (exact) mass is 421 g/mol. The molecular weight excluding hydrogens is 394 g/mol. The molecule has 1 aromatic rings. The number of β-lactam (4-membered cyclic amide) rings is 1. The molecule has 1 aromatic carbocycles. The van der Waals surface area contributed by atoms with E-state index in [4.69, 9.17) is 9.47 Å². The van der Waals surface area contributed by atoms with Gasteiger partial charge in [-0.05, 0) is 40.2 Å². The number of amides is 1. The van der Waals surface area contributed by atoms with E-state index in [-0.39, 0.29) is 6.42 Å². The normalized spacial score (nSPS) is 27.8. The molecule has 2 saturated heterocycles. The van der Waals surface area contributed by atoms with Gasteiger partial charge in [-0.3, -0.25) is 9.59 Å². The van der Waals surface area contributed by atoms with Gasteiger partial charge in [0.25, 0.3) is 5.91 Å². The number of ether oxygens (including phenoxy) is 2. The van der Waals surface area contributed by atoms with Gasteiger partial charge in [-0.15, -0.1) is 11.8 Å². The SMILES string of the molecule is CC(C)(C)C(=O)OCOC(=O)[C@@H]1N2C(=O)[C@](O)(Cc3ccccc3)[C@H]2SC1(C)C. The van der Waals surface area contributed by atoms with Crippen LogP contribution in [0.25, 0.3) is 0 Å². The van der Waals surface area contributed by atoms with Gasteiger partial charge in [0, 0.05) is 11.2 Å². The van der Waals surface area contributed by atoms with Gasteiger partial charge in [0.15, 0.2) is 5.60 Å². The van der Waals surface area contributed by atoms with Crippen LogP contribution in [0.3, 0.4) is 0 Å². The van der Waals surface area contributed by atoms with Crippen LogP contribution >= 0.6 is 11.8 Å². The van der Waals surface area contributed by atoms with E-state index >= 15 is 0 Å². The Morgan fingerprint density at radius 1 is 1.17 bits per heavy atom. The third-order valence-corrected chi connectivity index (χ3v) is 6.83. The topological polar surface area (TPSA) is 93.1 Å². The number of hydrogen-bond donors (Lipinski definition) is 1. The number of aliphatic hydroxyl groups is 1. The summed E-state index contributed by atoms with van der Waals surface area (Å²) in [6.07, 6.45) is 0.182. The minimum atomic E-state index is -1.56. The molecule has 0 radical (unpaired) electrons. The number of hydrogen-bond acceptors (Lipinski definition) is 7. The second kappa shape index (κ2) is 7.32. The Morgan fingerprint density at radius 3 is 2.38 bits per heavy atom. The zero-order valence-electron chi connectivity index (χ0n) is 17.3. The van der Waals surface area contributed by atoms with Gasteiger partial charge < -0.3 is 19.5 Å². The van der Waals surface area contributed by atoms with Crippen molar-refractivity contribution in [1.29, 1.82) is 0 Å². The minimum absolute atomic E-state index is 0.182. The van der Waals surface area contributed by atoms with Gasteiger partial charge in [0.05, 0.1) is 5.41 Å². The van der Waals surface area contributed by atoms with Crippen molar-refractivity contribution in [2.24, 2.45) is 5.41 Å². The molecule has 0 aromatic heterocycles. The molecule has 0 aliphatic carbocycles. The van der Waals surface area contributed by atoms with Crippen LogP contribution in [0.2, 0.25) is 0 Å². The molecule has 0 saturated carbocycles. The van der Waals surface area contributed by atoms with Crippen LogP contribution in [0, 0.1) is 5.41 Å². The largest absolute Gasteiger partial charge is 0.427 e. The highest BCUT2D eigenvalue weighted by molar-refractivity contribution is 8.01. The molecule has 8 heteroatoms. The summed E-state index contributed by atoms with van der Waals surface area (Å²) in [6.45, 7) is 8.26. The van der Waals surface area contributed by atoms with Crippen LogP contribution in [0.5, 0.6) is 0 Å². The molecule has 2 heterocycles. The minimum Gasteiger partial charge on any atom is -0.427 e. The maximum atomic E-state index is 12.9. The zero-order valence-corrected chi connectivity index (χ0v) is 18.1. The first kappa shape index (κ1) is 21.6. The number of esters is 2. The lowest BCUT2D eigenvalue weighted by molar-refractivity contribution is -0.193. The van der Waals surface area contributed by atoms with Crippen LogP contribution in [-0.2, 0) is 30.3 Å². The molecular formula is C21H27NO6S. The number of fused-ring (bicyclic) bond motifs is 1. The fourth-order valence-electron chi connectivity index (χ4n) is 3.60. The molecule has 1 N–H and O–H groups in total. The fraction of sp³-hybridized carbons (Fsp3) is 0.571. The second-order valence-corrected chi connectivity index (χ2v) is 10.8. The summed E-state index contributed by atoms with van der Waals surface area (Å²) in [6, 6.07) is 8.42. The van der Waals surface area contributed by atoms with E-state index in [9.17, 15) is 19.5 Å². The highest BCUT2D eigenvalue weighted by Crippen LogP contribution is 2.55. The summed E-state index contributed by atoms with van der Waals surface area (Å²) in [5, 5.41) is 10.5. The molecule has 3 atom stereocenters. The first-order valence-corrected chi connectivity index (χ1v) is 10.4. The number of benzene rings is 1. The Labute approximate surface area is 174 Å². The first-order valence-electron chi connectivity index (χ1n) is 9.49. The second-order valence-electron chi connectivity index (χ2n) is 9.04. The van der Waals surface area contributed by atoms with Crippen LogP contribution in [0.15, 0.2) is 30.3 Å². The van der Waals surface area contributed by atoms with Crippen molar-refractivity contribution in [2.75, 3.05) is 6.79 Å². The summed E-state index contributed by atoms with van der Waals surface area (Å²) in [4.78, 5) is 38.8. The summed E-state index contributed by atoms with van der Waals surface area (Å²) in [5.41, 5.74) is -1.42. The molecule has 2 fully saturated rings. The van der Waals surface area contributed by atoms with E-state index in [1.807, 2.05) is 44.2 Å². The third kappa shape index (κ3) is 3.88. The maximum Gasteiger partial charge on any atom is 0.333 e. The highest BCUT2D eigenvalue weighted by Gasteiger charge is 2.71. The van der Waals surface area contributed by atoms with E-state index in [1.54, 1.807) is 20.8 Å². The van der Waals surface area contributed by atoms with Crippen LogP contribution in [0.4, 0.5) is 0 Å². The fourth-order valence-corrected chi connectivity index (χ4v) is 5.22. The Hall–Kier alpha value is -2.06. The van der Waals surface area contributed by atoms with Crippen LogP contribution in [-0.4, -0.2) is 56.4 Å². The summed E-state index contributed by atoms with van der Waals surface area (Å²) >= 11 is 1.37. The predicted octanol–water partition coefficient (Wildman–Crippen LogP) is 2.11. The molecule has 0 spiro atoms. The average Bonchev–Trinajstić information content (AvgIpc) is 2.91. The van der Waals surface area contributed by atoms with Gasteiger partial charge in [-0.25, -0.2) is 4.79 Å². The van der Waals surface area contributed by atoms with Crippen molar-refractivity contribution in [3.05, 3.63) is 35.9 Å². The van der Waals surface area contributed by atoms with E-state index in [0.29, 0.717) is 0 Å². The quantitative estimate of drug-likeness (QED) is 0.442. The smallest absolute Gasteiger partial charge is 0.333 e. The number of rotatable bonds is 5. The van der Waals surface area contributed by atoms with Crippen LogP contribution < -0.4 is 0 Å². The summed E-state index contributed by atoms with van der Waals surface area (Å²) in [7, 11) is 0. The summed E-state index contributed by atoms with van der Waals surface area (Å²) in [5.74, 6) is -1.62.